The SMILES string of the molecule is CN1CCCC2(CCN(c3nc(-c4cc(F)cc(F)c4)ns3)C2)C1. The lowest BCUT2D eigenvalue weighted by atomic mass is 9.79. The monoisotopic (exact) mass is 350 g/mol. The summed E-state index contributed by atoms with van der Waals surface area (Å²) in [5.74, 6) is -0.812. The zero-order valence-electron chi connectivity index (χ0n) is 13.6. The summed E-state index contributed by atoms with van der Waals surface area (Å²) in [7, 11) is 2.19. The molecule has 2 saturated heterocycles. The molecule has 0 saturated carbocycles. The fraction of sp³-hybridized carbons (Fsp3) is 0.529. The Morgan fingerprint density at radius 1 is 1.08 bits per heavy atom. The van der Waals surface area contributed by atoms with E-state index < -0.39 is 11.6 Å². The Kier molecular flexibility index (Phi) is 4.00. The summed E-state index contributed by atoms with van der Waals surface area (Å²) in [6.45, 7) is 4.27. The predicted octanol–water partition coefficient (Wildman–Crippen LogP) is 3.41. The first-order chi connectivity index (χ1) is 11.5. The summed E-state index contributed by atoms with van der Waals surface area (Å²) in [5, 5.41) is 0.847. The van der Waals surface area contributed by atoms with E-state index in [9.17, 15) is 8.78 Å². The van der Waals surface area contributed by atoms with Crippen molar-refractivity contribution in [2.24, 2.45) is 5.41 Å². The van der Waals surface area contributed by atoms with Crippen LogP contribution >= 0.6 is 11.5 Å². The number of anilines is 1. The number of halogens is 2. The van der Waals surface area contributed by atoms with Crippen LogP contribution in [-0.2, 0) is 0 Å². The van der Waals surface area contributed by atoms with Crippen molar-refractivity contribution in [3.63, 3.8) is 0 Å². The average Bonchev–Trinajstić information content (AvgIpc) is 3.14. The third-order valence-electron chi connectivity index (χ3n) is 5.10. The molecule has 1 aromatic carbocycles. The number of benzene rings is 1. The van der Waals surface area contributed by atoms with Crippen LogP contribution < -0.4 is 4.90 Å². The van der Waals surface area contributed by atoms with Crippen molar-refractivity contribution in [1.29, 1.82) is 0 Å². The summed E-state index contributed by atoms with van der Waals surface area (Å²) < 4.78 is 31.1. The zero-order valence-corrected chi connectivity index (χ0v) is 14.5. The standard InChI is InChI=1S/C17H20F2N4S/c1-22-5-2-3-17(10-22)4-6-23(11-17)16-20-15(21-24-16)12-7-13(18)9-14(19)8-12/h7-9H,2-6,10-11H2,1H3. The molecule has 4 rings (SSSR count). The van der Waals surface area contributed by atoms with Gasteiger partial charge in [0.25, 0.3) is 0 Å². The molecular formula is C17H20F2N4S. The number of hydrogen-bond acceptors (Lipinski definition) is 5. The van der Waals surface area contributed by atoms with Crippen LogP contribution in [0.15, 0.2) is 18.2 Å². The maximum Gasteiger partial charge on any atom is 0.205 e. The molecule has 0 amide bonds. The van der Waals surface area contributed by atoms with E-state index in [1.807, 2.05) is 0 Å². The molecule has 7 heteroatoms. The summed E-state index contributed by atoms with van der Waals surface area (Å²) in [4.78, 5) is 9.21. The van der Waals surface area contributed by atoms with Gasteiger partial charge < -0.3 is 9.80 Å². The molecule has 0 radical (unpaired) electrons. The van der Waals surface area contributed by atoms with Gasteiger partial charge in [0.15, 0.2) is 5.82 Å². The van der Waals surface area contributed by atoms with E-state index in [2.05, 4.69) is 26.2 Å². The maximum atomic E-state index is 13.4. The topological polar surface area (TPSA) is 32.3 Å². The molecule has 4 nitrogen and oxygen atoms in total. The van der Waals surface area contributed by atoms with Gasteiger partial charge in [-0.05, 0) is 45.0 Å². The van der Waals surface area contributed by atoms with Gasteiger partial charge >= 0.3 is 0 Å². The van der Waals surface area contributed by atoms with Crippen molar-refractivity contribution in [3.05, 3.63) is 29.8 Å². The number of hydrogen-bond donors (Lipinski definition) is 0. The van der Waals surface area contributed by atoms with E-state index >= 15 is 0 Å². The fourth-order valence-electron chi connectivity index (χ4n) is 4.03. The molecule has 24 heavy (non-hydrogen) atoms. The summed E-state index contributed by atoms with van der Waals surface area (Å²) in [5.41, 5.74) is 0.741. The summed E-state index contributed by atoms with van der Waals surface area (Å²) in [6.07, 6.45) is 3.67. The largest absolute Gasteiger partial charge is 0.346 e. The van der Waals surface area contributed by atoms with E-state index in [0.717, 1.165) is 30.8 Å². The van der Waals surface area contributed by atoms with Crippen LogP contribution in [0.1, 0.15) is 19.3 Å². The highest BCUT2D eigenvalue weighted by molar-refractivity contribution is 7.09. The van der Waals surface area contributed by atoms with Crippen molar-refractivity contribution in [2.45, 2.75) is 19.3 Å². The van der Waals surface area contributed by atoms with Crippen molar-refractivity contribution >= 4 is 16.7 Å². The third-order valence-corrected chi connectivity index (χ3v) is 5.87. The highest BCUT2D eigenvalue weighted by Gasteiger charge is 2.41. The van der Waals surface area contributed by atoms with Gasteiger partial charge in [-0.2, -0.15) is 9.36 Å². The second-order valence-electron chi connectivity index (χ2n) is 7.07. The van der Waals surface area contributed by atoms with E-state index in [-0.39, 0.29) is 0 Å². The molecule has 1 aromatic heterocycles. The first-order valence-electron chi connectivity index (χ1n) is 8.27. The molecule has 2 aromatic rings. The van der Waals surface area contributed by atoms with Crippen LogP contribution in [0.2, 0.25) is 0 Å². The van der Waals surface area contributed by atoms with E-state index in [1.165, 1.54) is 49.5 Å². The van der Waals surface area contributed by atoms with Gasteiger partial charge in [-0.25, -0.2) is 8.78 Å². The lowest BCUT2D eigenvalue weighted by Gasteiger charge is -2.38. The Morgan fingerprint density at radius 3 is 2.62 bits per heavy atom. The lowest BCUT2D eigenvalue weighted by molar-refractivity contribution is 0.128. The van der Waals surface area contributed by atoms with Crippen LogP contribution in [-0.4, -0.2) is 47.5 Å². The highest BCUT2D eigenvalue weighted by Crippen LogP contribution is 2.41. The molecule has 1 atom stereocenters. The normalized spacial score (nSPS) is 24.9. The number of likely N-dealkylation sites (tertiary alicyclic amines) is 1. The molecule has 0 aliphatic carbocycles. The predicted molar refractivity (Wildman–Crippen MR) is 91.3 cm³/mol. The fourth-order valence-corrected chi connectivity index (χ4v) is 4.74. The molecule has 1 spiro atoms. The molecule has 3 heterocycles. The molecule has 1 unspecified atom stereocenters. The minimum atomic E-state index is -0.605. The Bertz CT molecular complexity index is 730. The Balaban J connectivity index is 1.53. The van der Waals surface area contributed by atoms with Gasteiger partial charge in [0, 0.05) is 48.2 Å². The summed E-state index contributed by atoms with van der Waals surface area (Å²) >= 11 is 1.31. The van der Waals surface area contributed by atoms with E-state index in [4.69, 9.17) is 0 Å². The van der Waals surface area contributed by atoms with Gasteiger partial charge in [-0.3, -0.25) is 0 Å². The van der Waals surface area contributed by atoms with Crippen molar-refractivity contribution in [2.75, 3.05) is 38.1 Å². The number of nitrogens with zero attached hydrogens (tertiary/aromatic N) is 4. The molecule has 2 fully saturated rings. The quantitative estimate of drug-likeness (QED) is 0.831. The van der Waals surface area contributed by atoms with Crippen LogP contribution in [0.3, 0.4) is 0 Å². The zero-order chi connectivity index (χ0) is 16.7. The maximum absolute atomic E-state index is 13.4. The number of aromatic nitrogens is 2. The smallest absolute Gasteiger partial charge is 0.205 e. The van der Waals surface area contributed by atoms with Gasteiger partial charge in [0.05, 0.1) is 0 Å². The minimum absolute atomic E-state index is 0.351. The first kappa shape index (κ1) is 15.9. The van der Waals surface area contributed by atoms with E-state index in [1.54, 1.807) is 0 Å². The minimum Gasteiger partial charge on any atom is -0.346 e. The first-order valence-corrected chi connectivity index (χ1v) is 9.04. The average molecular weight is 350 g/mol. The Morgan fingerprint density at radius 2 is 1.88 bits per heavy atom. The van der Waals surface area contributed by atoms with Gasteiger partial charge in [0.2, 0.25) is 5.13 Å². The lowest BCUT2D eigenvalue weighted by Crippen LogP contribution is -2.42. The van der Waals surface area contributed by atoms with Crippen LogP contribution in [0.4, 0.5) is 13.9 Å². The van der Waals surface area contributed by atoms with E-state index in [0.29, 0.717) is 16.8 Å². The van der Waals surface area contributed by atoms with Gasteiger partial charge in [0.1, 0.15) is 11.6 Å². The number of rotatable bonds is 2. The van der Waals surface area contributed by atoms with Gasteiger partial charge in [-0.1, -0.05) is 0 Å². The third kappa shape index (κ3) is 3.02. The molecule has 0 N–H and O–H groups in total. The highest BCUT2D eigenvalue weighted by atomic mass is 32.1. The molecular weight excluding hydrogens is 330 g/mol. The molecule has 0 bridgehead atoms. The second-order valence-corrected chi connectivity index (χ2v) is 7.80. The number of piperidine rings is 1. The van der Waals surface area contributed by atoms with Crippen LogP contribution in [0.25, 0.3) is 11.4 Å². The van der Waals surface area contributed by atoms with Gasteiger partial charge in [-0.15, -0.1) is 0 Å². The molecule has 2 aliphatic heterocycles. The van der Waals surface area contributed by atoms with Crippen molar-refractivity contribution in [1.82, 2.24) is 14.3 Å². The summed E-state index contributed by atoms with van der Waals surface area (Å²) in [6, 6.07) is 3.41. The van der Waals surface area contributed by atoms with Crippen molar-refractivity contribution in [3.8, 4) is 11.4 Å². The second kappa shape index (κ2) is 6.04. The Labute approximate surface area is 144 Å². The van der Waals surface area contributed by atoms with Crippen LogP contribution in [0, 0.1) is 17.0 Å². The van der Waals surface area contributed by atoms with Crippen LogP contribution in [0.5, 0.6) is 0 Å². The van der Waals surface area contributed by atoms with Crippen molar-refractivity contribution < 1.29 is 8.78 Å². The molecule has 128 valence electrons. The Hall–Kier alpha value is -1.60. The molecule has 2 aliphatic rings.